The zero-order chi connectivity index (χ0) is 10.0. The van der Waals surface area contributed by atoms with E-state index in [-0.39, 0.29) is 5.91 Å². The van der Waals surface area contributed by atoms with Crippen molar-refractivity contribution in [2.75, 3.05) is 19.6 Å². The van der Waals surface area contributed by atoms with E-state index >= 15 is 0 Å². The summed E-state index contributed by atoms with van der Waals surface area (Å²) in [7, 11) is 0. The van der Waals surface area contributed by atoms with Gasteiger partial charge >= 0.3 is 0 Å². The first-order chi connectivity index (χ1) is 6.06. The van der Waals surface area contributed by atoms with Gasteiger partial charge < -0.3 is 4.90 Å². The second-order valence-corrected chi connectivity index (χ2v) is 3.98. The van der Waals surface area contributed by atoms with Crippen LogP contribution in [-0.2, 0) is 4.79 Å². The number of hydrogen-bond donors (Lipinski definition) is 0. The minimum Gasteiger partial charge on any atom is -0.335 e. The number of carbonyl (C=O) groups excluding carboxylic acids is 1. The fraction of sp³-hybridized carbons (Fsp3) is 0.900. The molecular formula is C10H20N2O. The van der Waals surface area contributed by atoms with E-state index in [9.17, 15) is 4.79 Å². The van der Waals surface area contributed by atoms with E-state index in [2.05, 4.69) is 25.7 Å². The normalized spacial score (nSPS) is 30.6. The molecule has 1 saturated heterocycles. The van der Waals surface area contributed by atoms with Crippen molar-refractivity contribution in [2.45, 2.75) is 39.8 Å². The van der Waals surface area contributed by atoms with E-state index in [1.165, 1.54) is 0 Å². The van der Waals surface area contributed by atoms with Crippen molar-refractivity contribution in [1.82, 2.24) is 9.80 Å². The molecule has 1 aliphatic heterocycles. The van der Waals surface area contributed by atoms with Gasteiger partial charge in [-0.05, 0) is 20.4 Å². The highest BCUT2D eigenvalue weighted by molar-refractivity contribution is 5.74. The number of carbonyl (C=O) groups is 1. The summed E-state index contributed by atoms with van der Waals surface area (Å²) in [6.45, 7) is 11.2. The van der Waals surface area contributed by atoms with Gasteiger partial charge in [-0.3, -0.25) is 9.69 Å². The Morgan fingerprint density at radius 3 is 2.08 bits per heavy atom. The zero-order valence-electron chi connectivity index (χ0n) is 9.08. The molecule has 3 heteroatoms. The minimum atomic E-state index is 0.204. The zero-order valence-corrected chi connectivity index (χ0v) is 9.08. The van der Waals surface area contributed by atoms with Gasteiger partial charge in [0, 0.05) is 32.1 Å². The number of amides is 1. The fourth-order valence-corrected chi connectivity index (χ4v) is 2.31. The van der Waals surface area contributed by atoms with Gasteiger partial charge in [-0.2, -0.15) is 0 Å². The summed E-state index contributed by atoms with van der Waals surface area (Å²) in [6.07, 6.45) is 0. The molecule has 0 bridgehead atoms. The lowest BCUT2D eigenvalue weighted by Gasteiger charge is -2.43. The maximum Gasteiger partial charge on any atom is 0.220 e. The maximum atomic E-state index is 11.3. The lowest BCUT2D eigenvalue weighted by Crippen LogP contribution is -2.57. The van der Waals surface area contributed by atoms with E-state index in [4.69, 9.17) is 0 Å². The SMILES string of the molecule is CCN1C[C@@H](C)N(C(C)=O)[C@H](C)C1. The van der Waals surface area contributed by atoms with Gasteiger partial charge in [0.2, 0.25) is 5.91 Å². The van der Waals surface area contributed by atoms with E-state index in [1.54, 1.807) is 6.92 Å². The summed E-state index contributed by atoms with van der Waals surface area (Å²) >= 11 is 0. The molecule has 1 heterocycles. The van der Waals surface area contributed by atoms with Crippen LogP contribution < -0.4 is 0 Å². The van der Waals surface area contributed by atoms with Gasteiger partial charge in [0.1, 0.15) is 0 Å². The molecule has 13 heavy (non-hydrogen) atoms. The number of likely N-dealkylation sites (N-methyl/N-ethyl adjacent to an activating group) is 1. The molecule has 0 spiro atoms. The van der Waals surface area contributed by atoms with E-state index in [0.717, 1.165) is 19.6 Å². The van der Waals surface area contributed by atoms with E-state index in [1.807, 2.05) is 4.90 Å². The lowest BCUT2D eigenvalue weighted by molar-refractivity contribution is -0.136. The first-order valence-electron chi connectivity index (χ1n) is 5.07. The van der Waals surface area contributed by atoms with Crippen LogP contribution in [0.4, 0.5) is 0 Å². The van der Waals surface area contributed by atoms with E-state index in [0.29, 0.717) is 12.1 Å². The molecule has 2 atom stereocenters. The van der Waals surface area contributed by atoms with Crippen molar-refractivity contribution in [3.8, 4) is 0 Å². The summed E-state index contributed by atoms with van der Waals surface area (Å²) in [6, 6.07) is 0.724. The topological polar surface area (TPSA) is 23.6 Å². The molecule has 0 aromatic heterocycles. The first-order valence-corrected chi connectivity index (χ1v) is 5.07. The van der Waals surface area contributed by atoms with Gasteiger partial charge in [-0.1, -0.05) is 6.92 Å². The molecule has 1 amide bonds. The Labute approximate surface area is 80.7 Å². The van der Waals surface area contributed by atoms with Crippen molar-refractivity contribution in [1.29, 1.82) is 0 Å². The van der Waals surface area contributed by atoms with Crippen molar-refractivity contribution in [3.05, 3.63) is 0 Å². The quantitative estimate of drug-likeness (QED) is 0.605. The van der Waals surface area contributed by atoms with Crippen LogP contribution in [0.1, 0.15) is 27.7 Å². The molecule has 0 saturated carbocycles. The Morgan fingerprint density at radius 2 is 1.77 bits per heavy atom. The molecule has 3 nitrogen and oxygen atoms in total. The number of hydrogen-bond acceptors (Lipinski definition) is 2. The van der Waals surface area contributed by atoms with Crippen LogP contribution in [0.5, 0.6) is 0 Å². The fourth-order valence-electron chi connectivity index (χ4n) is 2.31. The van der Waals surface area contributed by atoms with Crippen LogP contribution in [0.15, 0.2) is 0 Å². The Balaban J connectivity index is 2.64. The summed E-state index contributed by atoms with van der Waals surface area (Å²) in [4.78, 5) is 15.7. The molecule has 1 rings (SSSR count). The third-order valence-electron chi connectivity index (χ3n) is 2.81. The Kier molecular flexibility index (Phi) is 3.31. The predicted octanol–water partition coefficient (Wildman–Crippen LogP) is 0.947. The van der Waals surface area contributed by atoms with Crippen molar-refractivity contribution in [2.24, 2.45) is 0 Å². The second-order valence-electron chi connectivity index (χ2n) is 3.98. The van der Waals surface area contributed by atoms with Gasteiger partial charge in [0.15, 0.2) is 0 Å². The molecule has 0 N–H and O–H groups in total. The standard InChI is InChI=1S/C10H20N2O/c1-5-11-6-8(2)12(10(4)13)9(3)7-11/h8-9H,5-7H2,1-4H3/t8-,9-/m1/s1. The highest BCUT2D eigenvalue weighted by atomic mass is 16.2. The van der Waals surface area contributed by atoms with Crippen LogP contribution in [-0.4, -0.2) is 47.4 Å². The average molecular weight is 184 g/mol. The smallest absolute Gasteiger partial charge is 0.220 e. The van der Waals surface area contributed by atoms with Crippen LogP contribution in [0.2, 0.25) is 0 Å². The highest BCUT2D eigenvalue weighted by Gasteiger charge is 2.29. The van der Waals surface area contributed by atoms with Gasteiger partial charge in [-0.25, -0.2) is 0 Å². The second kappa shape index (κ2) is 4.09. The minimum absolute atomic E-state index is 0.204. The summed E-state index contributed by atoms with van der Waals surface area (Å²) < 4.78 is 0. The largest absolute Gasteiger partial charge is 0.335 e. The molecule has 0 aromatic rings. The molecule has 76 valence electrons. The van der Waals surface area contributed by atoms with Gasteiger partial charge in [0.05, 0.1) is 0 Å². The third kappa shape index (κ3) is 2.21. The molecular weight excluding hydrogens is 164 g/mol. The van der Waals surface area contributed by atoms with Crippen LogP contribution in [0, 0.1) is 0 Å². The van der Waals surface area contributed by atoms with Crippen LogP contribution >= 0.6 is 0 Å². The summed E-state index contributed by atoms with van der Waals surface area (Å²) in [5.41, 5.74) is 0. The van der Waals surface area contributed by atoms with Crippen molar-refractivity contribution < 1.29 is 4.79 Å². The highest BCUT2D eigenvalue weighted by Crippen LogP contribution is 2.15. The van der Waals surface area contributed by atoms with Crippen LogP contribution in [0.3, 0.4) is 0 Å². The van der Waals surface area contributed by atoms with Gasteiger partial charge in [0.25, 0.3) is 0 Å². The molecule has 0 radical (unpaired) electrons. The van der Waals surface area contributed by atoms with E-state index < -0.39 is 0 Å². The van der Waals surface area contributed by atoms with Gasteiger partial charge in [-0.15, -0.1) is 0 Å². The number of rotatable bonds is 1. The summed E-state index contributed by atoms with van der Waals surface area (Å²) in [5.74, 6) is 0.204. The molecule has 0 aliphatic carbocycles. The maximum absolute atomic E-state index is 11.3. The Morgan fingerprint density at radius 1 is 1.31 bits per heavy atom. The molecule has 0 unspecified atom stereocenters. The molecule has 0 aromatic carbocycles. The van der Waals surface area contributed by atoms with Crippen LogP contribution in [0.25, 0.3) is 0 Å². The molecule has 1 fully saturated rings. The monoisotopic (exact) mass is 184 g/mol. The van der Waals surface area contributed by atoms with Crippen molar-refractivity contribution >= 4 is 5.91 Å². The number of piperazine rings is 1. The van der Waals surface area contributed by atoms with Crippen molar-refractivity contribution in [3.63, 3.8) is 0 Å². The third-order valence-corrected chi connectivity index (χ3v) is 2.81. The summed E-state index contributed by atoms with van der Waals surface area (Å²) in [5, 5.41) is 0. The number of nitrogens with zero attached hydrogens (tertiary/aromatic N) is 2. The first kappa shape index (κ1) is 10.5. The molecule has 1 aliphatic rings. The predicted molar refractivity (Wildman–Crippen MR) is 53.6 cm³/mol. The average Bonchev–Trinajstić information content (AvgIpc) is 2.02. The Bertz CT molecular complexity index is 181. The lowest BCUT2D eigenvalue weighted by atomic mass is 10.1. The Hall–Kier alpha value is -0.570.